The highest BCUT2D eigenvalue weighted by atomic mass is 19.4. The van der Waals surface area contributed by atoms with Gasteiger partial charge in [-0.1, -0.05) is 6.92 Å². The number of fused-ring (bicyclic) bond motifs is 2. The second-order valence-electron chi connectivity index (χ2n) is 10.9. The lowest BCUT2D eigenvalue weighted by atomic mass is 9.92. The molecule has 6 rings (SSSR count). The zero-order valence-corrected chi connectivity index (χ0v) is 23.7. The molecule has 2 aliphatic heterocycles. The first-order chi connectivity index (χ1) is 21.0. The van der Waals surface area contributed by atoms with Crippen LogP contribution in [0.5, 0.6) is 5.75 Å². The number of imidazole rings is 1. The Morgan fingerprint density at radius 1 is 1.16 bits per heavy atom. The molecule has 1 aromatic carbocycles. The minimum absolute atomic E-state index is 0.0324. The Labute approximate surface area is 249 Å². The number of nitrogen functional groups attached to an aromatic ring is 1. The molecule has 4 aromatic rings. The molecule has 230 valence electrons. The second kappa shape index (κ2) is 11.4. The minimum atomic E-state index is -4.60. The lowest BCUT2D eigenvalue weighted by Crippen LogP contribution is -2.41. The van der Waals surface area contributed by atoms with Crippen molar-refractivity contribution in [3.05, 3.63) is 65.6 Å². The van der Waals surface area contributed by atoms with Gasteiger partial charge in [0, 0.05) is 42.2 Å². The van der Waals surface area contributed by atoms with Gasteiger partial charge in [0.1, 0.15) is 34.4 Å². The third kappa shape index (κ3) is 5.40. The zero-order valence-electron chi connectivity index (χ0n) is 23.7. The molecule has 14 heteroatoms. The number of carbonyl (C=O) groups excluding carboxylic acids is 2. The van der Waals surface area contributed by atoms with E-state index < -0.39 is 23.6 Å². The summed E-state index contributed by atoms with van der Waals surface area (Å²) in [5, 5.41) is 2.39. The van der Waals surface area contributed by atoms with Crippen LogP contribution in [0.1, 0.15) is 66.7 Å². The van der Waals surface area contributed by atoms with E-state index in [1.165, 1.54) is 16.5 Å². The van der Waals surface area contributed by atoms with Gasteiger partial charge in [0.15, 0.2) is 0 Å². The number of alkyl halides is 3. The Hall–Kier alpha value is -4.75. The van der Waals surface area contributed by atoms with E-state index in [2.05, 4.69) is 15.3 Å². The molecule has 2 atom stereocenters. The summed E-state index contributed by atoms with van der Waals surface area (Å²) in [4.78, 5) is 40.1. The molecule has 2 amide bonds. The number of hydrogen-bond acceptors (Lipinski definition) is 7. The molecule has 0 aliphatic carbocycles. The van der Waals surface area contributed by atoms with E-state index in [9.17, 15) is 22.8 Å². The molecular weight excluding hydrogens is 582 g/mol. The second-order valence-corrected chi connectivity index (χ2v) is 10.9. The normalized spacial score (nSPS) is 18.5. The monoisotopic (exact) mass is 611 g/mol. The Bertz CT molecular complexity index is 1760. The maximum Gasteiger partial charge on any atom is 0.416 e. The zero-order chi connectivity index (χ0) is 31.2. The molecule has 2 aliphatic rings. The summed E-state index contributed by atoms with van der Waals surface area (Å²) in [6.45, 7) is 2.58. The highest BCUT2D eigenvalue weighted by Gasteiger charge is 2.39. The van der Waals surface area contributed by atoms with E-state index in [4.69, 9.17) is 15.5 Å². The van der Waals surface area contributed by atoms with Gasteiger partial charge in [-0.3, -0.25) is 14.0 Å². The summed E-state index contributed by atoms with van der Waals surface area (Å²) >= 11 is 0. The summed E-state index contributed by atoms with van der Waals surface area (Å²) in [6.07, 6.45) is 0.802. The van der Waals surface area contributed by atoms with Crippen molar-refractivity contribution in [3.8, 4) is 17.0 Å². The topological polar surface area (TPSA) is 128 Å². The maximum absolute atomic E-state index is 15.4. The van der Waals surface area contributed by atoms with Crippen LogP contribution in [0.4, 0.5) is 29.2 Å². The van der Waals surface area contributed by atoms with Gasteiger partial charge in [-0.2, -0.15) is 17.6 Å². The number of ether oxygens (including phenoxy) is 1. The molecule has 0 unspecified atom stereocenters. The maximum atomic E-state index is 15.4. The van der Waals surface area contributed by atoms with Crippen molar-refractivity contribution in [1.82, 2.24) is 24.3 Å². The van der Waals surface area contributed by atoms with E-state index in [1.807, 2.05) is 11.8 Å². The highest BCUT2D eigenvalue weighted by Crippen LogP contribution is 2.41. The van der Waals surface area contributed by atoms with Crippen LogP contribution in [0.15, 0.2) is 42.7 Å². The molecule has 44 heavy (non-hydrogen) atoms. The minimum Gasteiger partial charge on any atom is -0.493 e. The van der Waals surface area contributed by atoms with E-state index >= 15 is 4.39 Å². The largest absolute Gasteiger partial charge is 0.493 e. The van der Waals surface area contributed by atoms with Crippen molar-refractivity contribution in [3.63, 3.8) is 0 Å². The van der Waals surface area contributed by atoms with Crippen molar-refractivity contribution in [1.29, 1.82) is 0 Å². The van der Waals surface area contributed by atoms with E-state index in [-0.39, 0.29) is 58.6 Å². The first-order valence-electron chi connectivity index (χ1n) is 14.3. The number of aromatic nitrogens is 4. The number of nitrogens with two attached hydrogens (primary N) is 1. The Morgan fingerprint density at radius 2 is 1.98 bits per heavy atom. The number of rotatable bonds is 7. The number of hydrogen-bond donors (Lipinski definition) is 2. The molecule has 5 heterocycles. The third-order valence-corrected chi connectivity index (χ3v) is 8.04. The average molecular weight is 612 g/mol. The molecule has 2 fully saturated rings. The van der Waals surface area contributed by atoms with E-state index in [0.717, 1.165) is 37.4 Å². The number of piperidine rings is 1. The van der Waals surface area contributed by atoms with Gasteiger partial charge in [0.05, 0.1) is 18.4 Å². The van der Waals surface area contributed by atoms with Crippen LogP contribution in [0.25, 0.3) is 16.8 Å². The van der Waals surface area contributed by atoms with Gasteiger partial charge in [-0.05, 0) is 56.0 Å². The number of benzene rings is 1. The molecule has 3 N–H and O–H groups in total. The number of nitrogens with zero attached hydrogens (tertiary/aromatic N) is 5. The first-order valence-corrected chi connectivity index (χ1v) is 14.3. The predicted molar refractivity (Wildman–Crippen MR) is 152 cm³/mol. The SMILES string of the molecule is CCCOc1cc(C(=O)Nc2cc(C(F)(F)F)ccn2)ccc1-c1nc([C@@H]2CC[C@H]3CCC(=O)N3C2)n2c(F)cnc(N)c12. The molecular formula is C30H29F4N7O3. The smallest absolute Gasteiger partial charge is 0.416 e. The standard InChI is InChI=1S/C30H29F4N7O3/c1-2-11-44-21-12-16(29(43)38-23-13-18(9-10-36-23)30(32,33)34)4-7-20(21)25-26-27(35)37-14-22(31)41(26)28(39-25)17-3-5-19-6-8-24(42)40(19)15-17/h4,7,9-10,12-14,17,19H,2-3,5-6,8,11,15H2,1H3,(H2,35,37)(H,36,38,43)/t17-,19+/m1/s1. The summed E-state index contributed by atoms with van der Waals surface area (Å²) in [5.74, 6) is -1.15. The molecule has 2 saturated heterocycles. The number of amides is 2. The quantitative estimate of drug-likeness (QED) is 0.267. The molecule has 0 spiro atoms. The fourth-order valence-electron chi connectivity index (χ4n) is 5.93. The van der Waals surface area contributed by atoms with Crippen LogP contribution in [-0.4, -0.2) is 55.3 Å². The molecule has 3 aromatic heterocycles. The lowest BCUT2D eigenvalue weighted by molar-refractivity contribution is -0.137. The van der Waals surface area contributed by atoms with E-state index in [0.29, 0.717) is 37.2 Å². The Morgan fingerprint density at radius 3 is 2.75 bits per heavy atom. The number of pyridine rings is 1. The van der Waals surface area contributed by atoms with Gasteiger partial charge in [-0.15, -0.1) is 0 Å². The number of halogens is 4. The van der Waals surface area contributed by atoms with Crippen molar-refractivity contribution >= 4 is 29.0 Å². The van der Waals surface area contributed by atoms with Crippen LogP contribution >= 0.6 is 0 Å². The molecule has 0 saturated carbocycles. The number of anilines is 2. The van der Waals surface area contributed by atoms with Crippen LogP contribution in [-0.2, 0) is 11.0 Å². The average Bonchev–Trinajstić information content (AvgIpc) is 3.59. The van der Waals surface area contributed by atoms with Crippen LogP contribution in [0, 0.1) is 5.95 Å². The summed E-state index contributed by atoms with van der Waals surface area (Å²) in [6, 6.07) is 6.20. The number of carbonyl (C=O) groups is 2. The fourth-order valence-corrected chi connectivity index (χ4v) is 5.93. The summed E-state index contributed by atoms with van der Waals surface area (Å²) in [7, 11) is 0. The van der Waals surface area contributed by atoms with Gasteiger partial charge >= 0.3 is 6.18 Å². The predicted octanol–water partition coefficient (Wildman–Crippen LogP) is 5.44. The number of nitrogens with one attached hydrogen (secondary N) is 1. The third-order valence-electron chi connectivity index (χ3n) is 8.04. The first kappa shape index (κ1) is 29.3. The van der Waals surface area contributed by atoms with Crippen LogP contribution in [0.3, 0.4) is 0 Å². The van der Waals surface area contributed by atoms with E-state index in [1.54, 1.807) is 6.07 Å². The fraction of sp³-hybridized carbons (Fsp3) is 0.367. The Kier molecular flexibility index (Phi) is 7.59. The van der Waals surface area contributed by atoms with Gasteiger partial charge in [0.2, 0.25) is 11.9 Å². The van der Waals surface area contributed by atoms with Crippen molar-refractivity contribution < 1.29 is 31.9 Å². The highest BCUT2D eigenvalue weighted by molar-refractivity contribution is 6.04. The van der Waals surface area contributed by atoms with Crippen molar-refractivity contribution in [2.45, 2.75) is 57.2 Å². The molecule has 0 bridgehead atoms. The summed E-state index contributed by atoms with van der Waals surface area (Å²) in [5.41, 5.74) is 6.34. The molecule has 0 radical (unpaired) electrons. The lowest BCUT2D eigenvalue weighted by Gasteiger charge is -2.34. The molecule has 10 nitrogen and oxygen atoms in total. The van der Waals surface area contributed by atoms with Crippen LogP contribution < -0.4 is 15.8 Å². The van der Waals surface area contributed by atoms with Gasteiger partial charge in [0.25, 0.3) is 5.91 Å². The van der Waals surface area contributed by atoms with Crippen molar-refractivity contribution in [2.24, 2.45) is 0 Å². The van der Waals surface area contributed by atoms with Crippen molar-refractivity contribution in [2.75, 3.05) is 24.2 Å². The van der Waals surface area contributed by atoms with Gasteiger partial charge in [-0.25, -0.2) is 15.0 Å². The van der Waals surface area contributed by atoms with Crippen LogP contribution in [0.2, 0.25) is 0 Å². The summed E-state index contributed by atoms with van der Waals surface area (Å²) < 4.78 is 62.2. The van der Waals surface area contributed by atoms with Gasteiger partial charge < -0.3 is 20.7 Å². The Balaban J connectivity index is 1.39.